The number of benzene rings is 2. The molecule has 0 saturated heterocycles. The molecule has 1 aromatic heterocycles. The number of carbonyl (C=O) groups is 3. The summed E-state index contributed by atoms with van der Waals surface area (Å²) in [5.74, 6) is -2.52. The number of carboxylic acids is 2. The molecule has 0 unspecified atom stereocenters. The molecule has 0 aliphatic rings. The Labute approximate surface area is 189 Å². The first kappa shape index (κ1) is 22.7. The number of anilines is 1. The van der Waals surface area contributed by atoms with E-state index in [1.54, 1.807) is 48.5 Å². The second kappa shape index (κ2) is 9.89. The van der Waals surface area contributed by atoms with E-state index >= 15 is 0 Å². The molecule has 3 rings (SSSR count). The molecule has 3 aromatic rings. The Kier molecular flexibility index (Phi) is 7.02. The van der Waals surface area contributed by atoms with Crippen molar-refractivity contribution in [2.75, 3.05) is 11.4 Å². The van der Waals surface area contributed by atoms with Crippen molar-refractivity contribution in [2.24, 2.45) is 0 Å². The Morgan fingerprint density at radius 1 is 1.06 bits per heavy atom. The fraction of sp³-hybridized carbons (Fsp3) is 0.0800. The topological polar surface area (TPSA) is 94.9 Å². The van der Waals surface area contributed by atoms with Crippen LogP contribution in [-0.4, -0.2) is 34.6 Å². The first-order valence-electron chi connectivity index (χ1n) is 9.68. The number of aliphatic carboxylic acids is 1. The summed E-state index contributed by atoms with van der Waals surface area (Å²) in [5.41, 5.74) is 3.13. The molecule has 0 fully saturated rings. The lowest BCUT2D eigenvalue weighted by Gasteiger charge is -2.21. The molecule has 0 aliphatic heterocycles. The monoisotopic (exact) mass is 447 g/mol. The van der Waals surface area contributed by atoms with E-state index in [-0.39, 0.29) is 23.0 Å². The van der Waals surface area contributed by atoms with Gasteiger partial charge in [0.2, 0.25) is 0 Å². The van der Waals surface area contributed by atoms with Crippen LogP contribution in [0.1, 0.15) is 31.2 Å². The molecule has 2 N–H and O–H groups in total. The van der Waals surface area contributed by atoms with Gasteiger partial charge in [0.25, 0.3) is 5.91 Å². The van der Waals surface area contributed by atoms with E-state index in [1.165, 1.54) is 11.0 Å². The Morgan fingerprint density at radius 2 is 1.78 bits per heavy atom. The summed E-state index contributed by atoms with van der Waals surface area (Å²) in [5, 5.41) is 18.6. The molecule has 0 aliphatic carbocycles. The maximum absolute atomic E-state index is 13.2. The molecule has 0 spiro atoms. The second-order valence-corrected chi connectivity index (χ2v) is 8.05. The first-order chi connectivity index (χ1) is 15.3. The molecule has 162 valence electrons. The van der Waals surface area contributed by atoms with E-state index < -0.39 is 11.9 Å². The summed E-state index contributed by atoms with van der Waals surface area (Å²) in [6.07, 6.45) is 4.05. The third kappa shape index (κ3) is 5.19. The van der Waals surface area contributed by atoms with Gasteiger partial charge in [0.1, 0.15) is 4.88 Å². The number of rotatable bonds is 8. The molecule has 0 atom stereocenters. The van der Waals surface area contributed by atoms with Crippen molar-refractivity contribution >= 4 is 40.9 Å². The summed E-state index contributed by atoms with van der Waals surface area (Å²) in [6, 6.07) is 15.8. The minimum Gasteiger partial charge on any atom is -0.478 e. The van der Waals surface area contributed by atoms with Crippen molar-refractivity contribution in [1.29, 1.82) is 0 Å². The quantitative estimate of drug-likeness (QED) is 0.358. The average molecular weight is 448 g/mol. The molecule has 2 aromatic carbocycles. The van der Waals surface area contributed by atoms with E-state index in [9.17, 15) is 19.5 Å². The summed E-state index contributed by atoms with van der Waals surface area (Å²) >= 11 is 1.05. The van der Waals surface area contributed by atoms with Gasteiger partial charge < -0.3 is 15.1 Å². The number of aryl methyl sites for hydroxylation is 1. The highest BCUT2D eigenvalue weighted by Gasteiger charge is 2.25. The number of hydrogen-bond acceptors (Lipinski definition) is 4. The first-order valence-corrected chi connectivity index (χ1v) is 10.5. The van der Waals surface area contributed by atoms with Gasteiger partial charge >= 0.3 is 11.9 Å². The van der Waals surface area contributed by atoms with Crippen LogP contribution >= 0.6 is 11.3 Å². The molecule has 6 nitrogen and oxygen atoms in total. The lowest BCUT2D eigenvalue weighted by molar-refractivity contribution is -0.131. The van der Waals surface area contributed by atoms with Crippen LogP contribution in [0.3, 0.4) is 0 Å². The highest BCUT2D eigenvalue weighted by Crippen LogP contribution is 2.38. The molecule has 0 bridgehead atoms. The Morgan fingerprint density at radius 3 is 2.41 bits per heavy atom. The number of carbonyl (C=O) groups excluding carboxylic acids is 1. The van der Waals surface area contributed by atoms with Crippen LogP contribution in [0.4, 0.5) is 5.69 Å². The summed E-state index contributed by atoms with van der Waals surface area (Å²) in [4.78, 5) is 38.1. The highest BCUT2D eigenvalue weighted by molar-refractivity contribution is 7.18. The van der Waals surface area contributed by atoms with Crippen LogP contribution in [0, 0.1) is 6.92 Å². The number of thiophene rings is 1. The van der Waals surface area contributed by atoms with Crippen LogP contribution in [0.2, 0.25) is 0 Å². The van der Waals surface area contributed by atoms with Crippen molar-refractivity contribution in [3.8, 4) is 10.4 Å². The second-order valence-electron chi connectivity index (χ2n) is 7.00. The van der Waals surface area contributed by atoms with Crippen molar-refractivity contribution in [3.05, 3.63) is 94.9 Å². The SMILES string of the molecule is C=CCN(C(=O)c1ccc(C)cc1)c1cc(-c2cccc(/C=C/C(=O)O)c2)sc1C(=O)O. The Bertz CT molecular complexity index is 1210. The van der Waals surface area contributed by atoms with E-state index in [0.29, 0.717) is 16.0 Å². The molecule has 7 heteroatoms. The lowest BCUT2D eigenvalue weighted by atomic mass is 10.1. The zero-order chi connectivity index (χ0) is 23.3. The predicted molar refractivity (Wildman–Crippen MR) is 126 cm³/mol. The molecule has 1 amide bonds. The Hall–Kier alpha value is -3.97. The number of aromatic carboxylic acids is 1. The number of carboxylic acid groups (broad SMARTS) is 2. The lowest BCUT2D eigenvalue weighted by Crippen LogP contribution is -2.31. The Balaban J connectivity index is 2.06. The van der Waals surface area contributed by atoms with Gasteiger partial charge in [0.15, 0.2) is 0 Å². The molecular formula is C25H21NO5S. The van der Waals surface area contributed by atoms with Crippen molar-refractivity contribution in [1.82, 2.24) is 0 Å². The molecule has 0 radical (unpaired) electrons. The van der Waals surface area contributed by atoms with Crippen LogP contribution in [0.5, 0.6) is 0 Å². The molecule has 32 heavy (non-hydrogen) atoms. The van der Waals surface area contributed by atoms with Gasteiger partial charge in [-0.2, -0.15) is 0 Å². The molecule has 1 heterocycles. The van der Waals surface area contributed by atoms with Crippen LogP contribution < -0.4 is 4.90 Å². The minimum atomic E-state index is -1.14. The van der Waals surface area contributed by atoms with E-state index in [0.717, 1.165) is 28.5 Å². The summed E-state index contributed by atoms with van der Waals surface area (Å²) in [7, 11) is 0. The fourth-order valence-electron chi connectivity index (χ4n) is 3.11. The van der Waals surface area contributed by atoms with Crippen LogP contribution in [0.15, 0.2) is 73.3 Å². The van der Waals surface area contributed by atoms with Gasteiger partial charge in [-0.05, 0) is 48.4 Å². The normalized spacial score (nSPS) is 10.8. The van der Waals surface area contributed by atoms with Gasteiger partial charge in [0.05, 0.1) is 5.69 Å². The van der Waals surface area contributed by atoms with Gasteiger partial charge in [-0.3, -0.25) is 4.79 Å². The standard InChI is InChI=1S/C25H21NO5S/c1-3-13-26(24(29)18-10-7-16(2)8-11-18)20-15-21(32-23(20)25(30)31)19-6-4-5-17(14-19)9-12-22(27)28/h3-12,14-15H,1,13H2,2H3,(H,27,28)(H,30,31)/b12-9+. The van der Waals surface area contributed by atoms with Crippen molar-refractivity contribution in [3.63, 3.8) is 0 Å². The van der Waals surface area contributed by atoms with Crippen LogP contribution in [0.25, 0.3) is 16.5 Å². The predicted octanol–water partition coefficient (Wildman–Crippen LogP) is 5.35. The number of nitrogens with zero attached hydrogens (tertiary/aromatic N) is 1. The van der Waals surface area contributed by atoms with Crippen molar-refractivity contribution in [2.45, 2.75) is 6.92 Å². The average Bonchev–Trinajstić information content (AvgIpc) is 3.22. The summed E-state index contributed by atoms with van der Waals surface area (Å²) in [6.45, 7) is 5.77. The number of amides is 1. The van der Waals surface area contributed by atoms with Crippen molar-refractivity contribution < 1.29 is 24.6 Å². The minimum absolute atomic E-state index is 0.0359. The zero-order valence-corrected chi connectivity index (χ0v) is 18.1. The zero-order valence-electron chi connectivity index (χ0n) is 17.3. The molecular weight excluding hydrogens is 426 g/mol. The maximum atomic E-state index is 13.2. The van der Waals surface area contributed by atoms with Gasteiger partial charge in [0, 0.05) is 23.1 Å². The molecule has 0 saturated carbocycles. The van der Waals surface area contributed by atoms with E-state index in [2.05, 4.69) is 6.58 Å². The van der Waals surface area contributed by atoms with Gasteiger partial charge in [-0.1, -0.05) is 42.0 Å². The third-order valence-electron chi connectivity index (χ3n) is 4.64. The van der Waals surface area contributed by atoms with E-state index in [1.807, 2.05) is 19.1 Å². The highest BCUT2D eigenvalue weighted by atomic mass is 32.1. The van der Waals surface area contributed by atoms with E-state index in [4.69, 9.17) is 5.11 Å². The smallest absolute Gasteiger partial charge is 0.348 e. The largest absolute Gasteiger partial charge is 0.478 e. The summed E-state index contributed by atoms with van der Waals surface area (Å²) < 4.78 is 0. The van der Waals surface area contributed by atoms with Gasteiger partial charge in [-0.25, -0.2) is 9.59 Å². The van der Waals surface area contributed by atoms with Crippen LogP contribution in [-0.2, 0) is 4.79 Å². The maximum Gasteiger partial charge on any atom is 0.348 e. The van der Waals surface area contributed by atoms with Gasteiger partial charge in [-0.15, -0.1) is 17.9 Å². The third-order valence-corrected chi connectivity index (χ3v) is 5.80. The number of hydrogen-bond donors (Lipinski definition) is 2. The fourth-order valence-corrected chi connectivity index (χ4v) is 4.11.